The van der Waals surface area contributed by atoms with Crippen LogP contribution in [0.25, 0.3) is 11.0 Å². The minimum atomic E-state index is 0.515. The lowest BCUT2D eigenvalue weighted by Crippen LogP contribution is -2.42. The zero-order valence-electron chi connectivity index (χ0n) is 13.4. The Kier molecular flexibility index (Phi) is 4.73. The number of hydrogen-bond donors (Lipinski definition) is 1. The Morgan fingerprint density at radius 1 is 1.23 bits per heavy atom. The van der Waals surface area contributed by atoms with Gasteiger partial charge in [-0.1, -0.05) is 18.6 Å². The van der Waals surface area contributed by atoms with Crippen LogP contribution < -0.4 is 15.0 Å². The van der Waals surface area contributed by atoms with Crippen LogP contribution in [0, 0.1) is 0 Å². The van der Waals surface area contributed by atoms with E-state index >= 15 is 0 Å². The zero-order valence-corrected chi connectivity index (χ0v) is 13.4. The van der Waals surface area contributed by atoms with Crippen molar-refractivity contribution < 1.29 is 4.74 Å². The molecule has 1 atom stereocenters. The van der Waals surface area contributed by atoms with Crippen LogP contribution in [0.5, 0.6) is 5.88 Å². The summed E-state index contributed by atoms with van der Waals surface area (Å²) in [5.41, 5.74) is 1.78. The van der Waals surface area contributed by atoms with Crippen molar-refractivity contribution in [1.82, 2.24) is 15.3 Å². The van der Waals surface area contributed by atoms with E-state index in [0.717, 1.165) is 29.9 Å². The molecule has 2 heterocycles. The largest absolute Gasteiger partial charge is 0.475 e. The molecule has 5 nitrogen and oxygen atoms in total. The molecule has 0 saturated carbocycles. The van der Waals surface area contributed by atoms with Gasteiger partial charge in [0.05, 0.1) is 17.6 Å². The van der Waals surface area contributed by atoms with E-state index in [0.29, 0.717) is 18.5 Å². The molecule has 22 heavy (non-hydrogen) atoms. The lowest BCUT2D eigenvalue weighted by Gasteiger charge is -2.29. The predicted octanol–water partition coefficient (Wildman–Crippen LogP) is 2.61. The second-order valence-electron chi connectivity index (χ2n) is 5.80. The van der Waals surface area contributed by atoms with E-state index in [1.54, 1.807) is 0 Å². The second-order valence-corrected chi connectivity index (χ2v) is 5.80. The Morgan fingerprint density at radius 2 is 2.00 bits per heavy atom. The number of nitrogens with one attached hydrogen (secondary N) is 1. The molecular formula is C17H24N4O. The molecule has 1 N–H and O–H groups in total. The highest BCUT2D eigenvalue weighted by Crippen LogP contribution is 2.26. The van der Waals surface area contributed by atoms with Crippen LogP contribution in [0.15, 0.2) is 24.3 Å². The number of fused-ring (bicyclic) bond motifs is 1. The normalized spacial score (nSPS) is 18.4. The van der Waals surface area contributed by atoms with E-state index in [4.69, 9.17) is 9.72 Å². The van der Waals surface area contributed by atoms with Gasteiger partial charge >= 0.3 is 0 Å². The molecule has 0 amide bonds. The molecule has 1 fully saturated rings. The Bertz CT molecular complexity index is 625. The van der Waals surface area contributed by atoms with Gasteiger partial charge < -0.3 is 15.0 Å². The van der Waals surface area contributed by atoms with Crippen molar-refractivity contribution in [2.45, 2.75) is 32.2 Å². The summed E-state index contributed by atoms with van der Waals surface area (Å²) in [5, 5.41) is 3.58. The van der Waals surface area contributed by atoms with Gasteiger partial charge in [-0.15, -0.1) is 0 Å². The number of nitrogens with zero attached hydrogens (tertiary/aromatic N) is 3. The van der Waals surface area contributed by atoms with E-state index in [1.165, 1.54) is 19.3 Å². The standard InChI is InChI=1S/C17H24N4O/c1-3-22-17-16(19-14-9-4-5-10-15(14)20-17)21(2)12-13-8-6-7-11-18-13/h4-5,9-10,13,18H,3,6-8,11-12H2,1-2H3/t13-/m0/s1. The van der Waals surface area contributed by atoms with Crippen LogP contribution in [0.3, 0.4) is 0 Å². The van der Waals surface area contributed by atoms with E-state index in [9.17, 15) is 0 Å². The quantitative estimate of drug-likeness (QED) is 0.920. The van der Waals surface area contributed by atoms with Gasteiger partial charge in [0.25, 0.3) is 5.88 Å². The average molecular weight is 300 g/mol. The molecular weight excluding hydrogens is 276 g/mol. The van der Waals surface area contributed by atoms with Gasteiger partial charge in [-0.05, 0) is 38.4 Å². The van der Waals surface area contributed by atoms with Crippen LogP contribution >= 0.6 is 0 Å². The van der Waals surface area contributed by atoms with E-state index in [2.05, 4.69) is 22.2 Å². The Labute approximate surface area is 131 Å². The van der Waals surface area contributed by atoms with Crippen LogP contribution in [0.2, 0.25) is 0 Å². The van der Waals surface area contributed by atoms with Gasteiger partial charge in [0.2, 0.25) is 0 Å². The number of anilines is 1. The zero-order chi connectivity index (χ0) is 15.4. The fraction of sp³-hybridized carbons (Fsp3) is 0.529. The molecule has 1 aromatic carbocycles. The molecule has 0 bridgehead atoms. The van der Waals surface area contributed by atoms with E-state index in [1.807, 2.05) is 31.2 Å². The van der Waals surface area contributed by atoms with Crippen molar-refractivity contribution in [1.29, 1.82) is 0 Å². The first-order chi connectivity index (χ1) is 10.8. The number of ether oxygens (including phenoxy) is 1. The number of rotatable bonds is 5. The fourth-order valence-corrected chi connectivity index (χ4v) is 2.95. The highest BCUT2D eigenvalue weighted by atomic mass is 16.5. The van der Waals surface area contributed by atoms with E-state index in [-0.39, 0.29) is 0 Å². The summed E-state index contributed by atoms with van der Waals surface area (Å²) in [5.74, 6) is 1.45. The average Bonchev–Trinajstić information content (AvgIpc) is 2.55. The molecule has 1 aliphatic rings. The number of para-hydroxylation sites is 2. The minimum absolute atomic E-state index is 0.515. The van der Waals surface area contributed by atoms with Gasteiger partial charge in [0.1, 0.15) is 0 Å². The van der Waals surface area contributed by atoms with Gasteiger partial charge in [0.15, 0.2) is 5.82 Å². The molecule has 5 heteroatoms. The van der Waals surface area contributed by atoms with Crippen molar-refractivity contribution in [2.24, 2.45) is 0 Å². The maximum atomic E-state index is 5.72. The molecule has 1 aromatic heterocycles. The molecule has 1 aliphatic heterocycles. The summed E-state index contributed by atoms with van der Waals surface area (Å²) < 4.78 is 5.72. The number of benzene rings is 1. The maximum absolute atomic E-state index is 5.72. The summed E-state index contributed by atoms with van der Waals surface area (Å²) in [6.07, 6.45) is 3.79. The summed E-state index contributed by atoms with van der Waals surface area (Å²) in [6.45, 7) is 4.60. The molecule has 0 spiro atoms. The molecule has 118 valence electrons. The van der Waals surface area contributed by atoms with Crippen LogP contribution in [-0.2, 0) is 0 Å². The highest BCUT2D eigenvalue weighted by Gasteiger charge is 2.19. The molecule has 0 unspecified atom stereocenters. The Morgan fingerprint density at radius 3 is 2.68 bits per heavy atom. The monoisotopic (exact) mass is 300 g/mol. The summed E-state index contributed by atoms with van der Waals surface area (Å²) in [7, 11) is 2.07. The molecule has 0 aliphatic carbocycles. The fourth-order valence-electron chi connectivity index (χ4n) is 2.95. The molecule has 3 rings (SSSR count). The number of piperidine rings is 1. The first kappa shape index (κ1) is 15.0. The number of aromatic nitrogens is 2. The SMILES string of the molecule is CCOc1nc2ccccc2nc1N(C)C[C@@H]1CCCCN1. The number of hydrogen-bond acceptors (Lipinski definition) is 5. The maximum Gasteiger partial charge on any atom is 0.258 e. The van der Waals surface area contributed by atoms with Gasteiger partial charge in [-0.25, -0.2) is 9.97 Å². The Hall–Kier alpha value is -1.88. The van der Waals surface area contributed by atoms with Crippen LogP contribution in [-0.4, -0.2) is 42.8 Å². The Balaban J connectivity index is 1.87. The third-order valence-corrected chi connectivity index (χ3v) is 4.07. The van der Waals surface area contributed by atoms with E-state index < -0.39 is 0 Å². The van der Waals surface area contributed by atoms with Gasteiger partial charge in [0, 0.05) is 19.6 Å². The summed E-state index contributed by atoms with van der Waals surface area (Å²) >= 11 is 0. The van der Waals surface area contributed by atoms with Crippen molar-refractivity contribution in [2.75, 3.05) is 31.6 Å². The third kappa shape index (κ3) is 3.30. The highest BCUT2D eigenvalue weighted by molar-refractivity contribution is 5.77. The van der Waals surface area contributed by atoms with Crippen molar-refractivity contribution in [3.8, 4) is 5.88 Å². The number of likely N-dealkylation sites (N-methyl/N-ethyl adjacent to an activating group) is 1. The molecule has 1 saturated heterocycles. The van der Waals surface area contributed by atoms with Crippen molar-refractivity contribution in [3.05, 3.63) is 24.3 Å². The lowest BCUT2D eigenvalue weighted by atomic mass is 10.0. The summed E-state index contributed by atoms with van der Waals surface area (Å²) in [6, 6.07) is 8.44. The first-order valence-electron chi connectivity index (χ1n) is 8.12. The van der Waals surface area contributed by atoms with Crippen LogP contribution in [0.4, 0.5) is 5.82 Å². The predicted molar refractivity (Wildman–Crippen MR) is 89.6 cm³/mol. The molecule has 2 aromatic rings. The van der Waals surface area contributed by atoms with Crippen molar-refractivity contribution >= 4 is 16.9 Å². The van der Waals surface area contributed by atoms with Crippen LogP contribution in [0.1, 0.15) is 26.2 Å². The van der Waals surface area contributed by atoms with Crippen molar-refractivity contribution in [3.63, 3.8) is 0 Å². The second kappa shape index (κ2) is 6.92. The lowest BCUT2D eigenvalue weighted by molar-refractivity contribution is 0.326. The first-order valence-corrected chi connectivity index (χ1v) is 8.12. The third-order valence-electron chi connectivity index (χ3n) is 4.07. The molecule has 0 radical (unpaired) electrons. The topological polar surface area (TPSA) is 50.3 Å². The minimum Gasteiger partial charge on any atom is -0.475 e. The van der Waals surface area contributed by atoms with Gasteiger partial charge in [-0.2, -0.15) is 0 Å². The smallest absolute Gasteiger partial charge is 0.258 e. The summed E-state index contributed by atoms with van der Waals surface area (Å²) in [4.78, 5) is 11.6. The van der Waals surface area contributed by atoms with Gasteiger partial charge in [-0.3, -0.25) is 0 Å².